The highest BCUT2D eigenvalue weighted by molar-refractivity contribution is 5.98. The third kappa shape index (κ3) is 1.58. The van der Waals surface area contributed by atoms with Crippen LogP contribution >= 0.6 is 0 Å². The molecule has 1 aliphatic carbocycles. The Kier molecular flexibility index (Phi) is 2.75. The van der Waals surface area contributed by atoms with Gasteiger partial charge in [0.15, 0.2) is 0 Å². The lowest BCUT2D eigenvalue weighted by atomic mass is 9.90. The molecular weight excluding hydrogens is 268 g/mol. The Morgan fingerprint density at radius 2 is 2.05 bits per heavy atom. The molecule has 0 amide bonds. The molecule has 2 heterocycles. The molecule has 1 fully saturated rings. The molecule has 3 aromatic rings. The molecule has 22 heavy (non-hydrogen) atoms. The van der Waals surface area contributed by atoms with Crippen LogP contribution in [0.15, 0.2) is 30.6 Å². The van der Waals surface area contributed by atoms with Crippen molar-refractivity contribution >= 4 is 28.6 Å². The standard InChI is InChI=1S/C20H22N2/c1-5-14-15-8-7-9-16(20(4)12-13(20)3)18(15)19-21-10-11-22(19)17(14)6-2/h5-11,13H,12H2,1-4H3/b14-5-,17-6+. The SMILES string of the molecule is C/C=c1\c(=C/C)n2ccnc2c2c(C3(C)CC3C)cccc12. The highest BCUT2D eigenvalue weighted by Gasteiger charge is 2.48. The van der Waals surface area contributed by atoms with Gasteiger partial charge in [-0.05, 0) is 42.6 Å². The lowest BCUT2D eigenvalue weighted by molar-refractivity contribution is 0.708. The van der Waals surface area contributed by atoms with Crippen molar-refractivity contribution in [3.05, 3.63) is 46.7 Å². The highest BCUT2D eigenvalue weighted by Crippen LogP contribution is 2.55. The van der Waals surface area contributed by atoms with Crippen LogP contribution in [0.4, 0.5) is 0 Å². The Hall–Kier alpha value is -2.09. The minimum Gasteiger partial charge on any atom is -0.300 e. The lowest BCUT2D eigenvalue weighted by Gasteiger charge is -2.16. The molecule has 112 valence electrons. The maximum absolute atomic E-state index is 4.69. The van der Waals surface area contributed by atoms with E-state index in [1.807, 2.05) is 6.20 Å². The summed E-state index contributed by atoms with van der Waals surface area (Å²) < 4.78 is 2.23. The second kappa shape index (κ2) is 4.45. The minimum atomic E-state index is 0.300. The van der Waals surface area contributed by atoms with Crippen molar-refractivity contribution in [3.8, 4) is 0 Å². The van der Waals surface area contributed by atoms with E-state index in [0.29, 0.717) is 5.41 Å². The quantitative estimate of drug-likeness (QED) is 0.671. The number of imidazole rings is 1. The van der Waals surface area contributed by atoms with Gasteiger partial charge in [-0.15, -0.1) is 0 Å². The molecule has 0 spiro atoms. The summed E-state index contributed by atoms with van der Waals surface area (Å²) >= 11 is 0. The highest BCUT2D eigenvalue weighted by atomic mass is 15.0. The Morgan fingerprint density at radius 1 is 1.27 bits per heavy atom. The number of aromatic nitrogens is 2. The fourth-order valence-electron chi connectivity index (χ4n) is 3.99. The van der Waals surface area contributed by atoms with E-state index in [9.17, 15) is 0 Å². The normalized spacial score (nSPS) is 26.3. The van der Waals surface area contributed by atoms with Crippen LogP contribution in [-0.2, 0) is 5.41 Å². The summed E-state index contributed by atoms with van der Waals surface area (Å²) in [5, 5.41) is 5.19. The smallest absolute Gasteiger partial charge is 0.145 e. The van der Waals surface area contributed by atoms with E-state index < -0.39 is 0 Å². The van der Waals surface area contributed by atoms with Crippen molar-refractivity contribution in [2.75, 3.05) is 0 Å². The van der Waals surface area contributed by atoms with Crippen molar-refractivity contribution in [1.29, 1.82) is 0 Å². The van der Waals surface area contributed by atoms with E-state index in [4.69, 9.17) is 0 Å². The molecule has 0 radical (unpaired) electrons. The van der Waals surface area contributed by atoms with E-state index in [2.05, 4.69) is 73.6 Å². The molecule has 2 unspecified atom stereocenters. The van der Waals surface area contributed by atoms with Gasteiger partial charge in [0.05, 0.1) is 5.35 Å². The van der Waals surface area contributed by atoms with Crippen LogP contribution in [0.3, 0.4) is 0 Å². The first-order valence-corrected chi connectivity index (χ1v) is 8.12. The number of pyridine rings is 1. The van der Waals surface area contributed by atoms with Crippen LogP contribution in [0.1, 0.15) is 39.7 Å². The molecule has 0 bridgehead atoms. The average Bonchev–Trinajstić information content (AvgIpc) is 2.94. The number of benzene rings is 1. The number of fused-ring (bicyclic) bond motifs is 3. The zero-order valence-corrected chi connectivity index (χ0v) is 13.7. The zero-order chi connectivity index (χ0) is 15.5. The van der Waals surface area contributed by atoms with E-state index in [1.54, 1.807) is 0 Å². The maximum atomic E-state index is 4.69. The Balaban J connectivity index is 2.31. The third-order valence-electron chi connectivity index (χ3n) is 5.59. The largest absolute Gasteiger partial charge is 0.300 e. The summed E-state index contributed by atoms with van der Waals surface area (Å²) in [6, 6.07) is 6.75. The van der Waals surface area contributed by atoms with Crippen molar-refractivity contribution in [1.82, 2.24) is 9.38 Å². The summed E-state index contributed by atoms with van der Waals surface area (Å²) in [4.78, 5) is 4.69. The number of nitrogens with zero attached hydrogens (tertiary/aromatic N) is 2. The molecule has 2 heteroatoms. The van der Waals surface area contributed by atoms with E-state index >= 15 is 0 Å². The third-order valence-corrected chi connectivity index (χ3v) is 5.59. The molecule has 0 aliphatic heterocycles. The summed E-state index contributed by atoms with van der Waals surface area (Å²) in [5.74, 6) is 0.750. The van der Waals surface area contributed by atoms with Crippen molar-refractivity contribution in [2.24, 2.45) is 5.92 Å². The fraction of sp³-hybridized carbons (Fsp3) is 0.350. The molecule has 0 N–H and O–H groups in total. The first kappa shape index (κ1) is 13.6. The predicted octanol–water partition coefficient (Wildman–Crippen LogP) is 3.39. The van der Waals surface area contributed by atoms with E-state index in [1.165, 1.54) is 33.3 Å². The molecule has 2 nitrogen and oxygen atoms in total. The molecule has 2 atom stereocenters. The van der Waals surface area contributed by atoms with Gasteiger partial charge in [0.25, 0.3) is 0 Å². The first-order valence-electron chi connectivity index (χ1n) is 8.12. The molecular formula is C20H22N2. The van der Waals surface area contributed by atoms with Crippen molar-refractivity contribution in [3.63, 3.8) is 0 Å². The Labute approximate surface area is 130 Å². The second-order valence-corrected chi connectivity index (χ2v) is 6.75. The van der Waals surface area contributed by atoms with Crippen LogP contribution in [0.5, 0.6) is 0 Å². The van der Waals surface area contributed by atoms with Crippen LogP contribution in [0, 0.1) is 5.92 Å². The molecule has 0 saturated heterocycles. The van der Waals surface area contributed by atoms with Crippen LogP contribution < -0.4 is 10.6 Å². The van der Waals surface area contributed by atoms with Gasteiger partial charge in [0.1, 0.15) is 5.65 Å². The predicted molar refractivity (Wildman–Crippen MR) is 93.4 cm³/mol. The fourth-order valence-corrected chi connectivity index (χ4v) is 3.99. The Bertz CT molecular complexity index is 1010. The molecule has 1 aromatic carbocycles. The summed E-state index contributed by atoms with van der Waals surface area (Å²) in [5.41, 5.74) is 2.85. The van der Waals surface area contributed by atoms with E-state index in [0.717, 1.165) is 11.6 Å². The van der Waals surface area contributed by atoms with Gasteiger partial charge >= 0.3 is 0 Å². The number of rotatable bonds is 1. The molecule has 1 aliphatic rings. The van der Waals surface area contributed by atoms with Gasteiger partial charge in [0.2, 0.25) is 0 Å². The maximum Gasteiger partial charge on any atom is 0.145 e. The van der Waals surface area contributed by atoms with E-state index in [-0.39, 0.29) is 0 Å². The average molecular weight is 290 g/mol. The first-order chi connectivity index (χ1) is 10.6. The lowest BCUT2D eigenvalue weighted by Crippen LogP contribution is -2.32. The minimum absolute atomic E-state index is 0.300. The summed E-state index contributed by atoms with van der Waals surface area (Å²) in [7, 11) is 0. The molecule has 4 rings (SSSR count). The van der Waals surface area contributed by atoms with Gasteiger partial charge in [-0.3, -0.25) is 4.40 Å². The summed E-state index contributed by atoms with van der Waals surface area (Å²) in [6.45, 7) is 8.96. The van der Waals surface area contributed by atoms with Crippen molar-refractivity contribution in [2.45, 2.75) is 39.5 Å². The van der Waals surface area contributed by atoms with Crippen LogP contribution in [0.2, 0.25) is 0 Å². The van der Waals surface area contributed by atoms with Crippen LogP contribution in [0.25, 0.3) is 28.6 Å². The zero-order valence-electron chi connectivity index (χ0n) is 13.7. The Morgan fingerprint density at radius 3 is 2.68 bits per heavy atom. The molecule has 1 saturated carbocycles. The van der Waals surface area contributed by atoms with Gasteiger partial charge in [0, 0.05) is 23.0 Å². The van der Waals surface area contributed by atoms with Crippen molar-refractivity contribution < 1.29 is 0 Å². The monoisotopic (exact) mass is 290 g/mol. The topological polar surface area (TPSA) is 17.3 Å². The van der Waals surface area contributed by atoms with Crippen LogP contribution in [-0.4, -0.2) is 9.38 Å². The van der Waals surface area contributed by atoms with Gasteiger partial charge < -0.3 is 0 Å². The molecule has 2 aromatic heterocycles. The van der Waals surface area contributed by atoms with Gasteiger partial charge in [-0.1, -0.05) is 44.2 Å². The second-order valence-electron chi connectivity index (χ2n) is 6.75. The summed E-state index contributed by atoms with van der Waals surface area (Å²) in [6.07, 6.45) is 9.66. The number of hydrogen-bond acceptors (Lipinski definition) is 1. The van der Waals surface area contributed by atoms with Gasteiger partial charge in [-0.25, -0.2) is 4.98 Å². The number of hydrogen-bond donors (Lipinski definition) is 0. The van der Waals surface area contributed by atoms with Gasteiger partial charge in [-0.2, -0.15) is 0 Å².